The summed E-state index contributed by atoms with van der Waals surface area (Å²) in [7, 11) is 0. The summed E-state index contributed by atoms with van der Waals surface area (Å²) in [5.41, 5.74) is 30.4. The third-order valence-corrected chi connectivity index (χ3v) is 29.0. The van der Waals surface area contributed by atoms with Crippen LogP contribution in [0.5, 0.6) is 0 Å². The van der Waals surface area contributed by atoms with Crippen LogP contribution in [0.15, 0.2) is 582 Å². The zero-order chi connectivity index (χ0) is 95.6. The van der Waals surface area contributed by atoms with E-state index in [0.717, 1.165) is 0 Å². The highest BCUT2D eigenvalue weighted by Crippen LogP contribution is 2.51. The van der Waals surface area contributed by atoms with Crippen molar-refractivity contribution in [3.63, 3.8) is 0 Å². The highest BCUT2D eigenvalue weighted by atomic mass is 14.3. The van der Waals surface area contributed by atoms with Crippen molar-refractivity contribution >= 4 is 129 Å². The Bertz CT molecular complexity index is 9460. The lowest BCUT2D eigenvalue weighted by Gasteiger charge is -2.19. The minimum absolute atomic E-state index is 1.23. The monoisotopic (exact) mass is 1820 g/mol. The van der Waals surface area contributed by atoms with Crippen LogP contribution < -0.4 is 0 Å². The molecular weight excluding hydrogens is 1730 g/mol. The smallest absolute Gasteiger partial charge is 0.00201 e. The van der Waals surface area contributed by atoms with Crippen molar-refractivity contribution in [3.05, 3.63) is 582 Å². The van der Waals surface area contributed by atoms with Crippen molar-refractivity contribution in [1.82, 2.24) is 0 Å². The standard InChI is InChI=1S/4C36H24/c1-2-12-27(13-3-1)35-31-16-6-8-18-33(31)36(34-19-9-7-17-32(34)35)28-23-21-26(22-24-28)30-20-10-14-25-11-4-5-15-29(25)30;1-2-12-26(13-3-1)35-31-17-6-8-19-33(31)36(34-20-9-7-18-32(34)35)30-16-10-15-28(24-30)29-22-21-25-11-4-5-14-27(25)23-29;1-2-11-27(12-3-1)35-31-14-6-8-16-33(31)36(34-17-9-7-15-32(34)35)28-21-18-26(19-22-28)30-23-20-25-10-4-5-13-29(25)24-30;1-2-13-26(14-3-1)35-31-18-8-10-20-33(31)36(34-21-11-9-19-32(34)35)30-17-7-6-16-29(30)28-23-22-25-12-4-5-15-27(25)24-28/h4*1-24H. The molecule has 0 radical (unpaired) electrons. The van der Waals surface area contributed by atoms with Gasteiger partial charge < -0.3 is 0 Å². The minimum Gasteiger partial charge on any atom is -0.0622 e. The number of rotatable bonds is 12. The Morgan fingerprint density at radius 2 is 0.257 bits per heavy atom. The second kappa shape index (κ2) is 38.6. The third kappa shape index (κ3) is 16.4. The molecule has 0 aromatic heterocycles. The highest BCUT2D eigenvalue weighted by Gasteiger charge is 2.24. The van der Waals surface area contributed by atoms with Crippen LogP contribution in [-0.2, 0) is 0 Å². The summed E-state index contributed by atoms with van der Waals surface area (Å²) >= 11 is 0. The van der Waals surface area contributed by atoms with E-state index >= 15 is 0 Å². The summed E-state index contributed by atoms with van der Waals surface area (Å²) in [4.78, 5) is 0. The maximum atomic E-state index is 2.35. The molecule has 0 aliphatic carbocycles. The van der Waals surface area contributed by atoms with Gasteiger partial charge in [-0.3, -0.25) is 0 Å². The Labute approximate surface area is 838 Å². The van der Waals surface area contributed by atoms with Crippen molar-refractivity contribution in [2.45, 2.75) is 0 Å². The number of hydrogen-bond donors (Lipinski definition) is 0. The lowest BCUT2D eigenvalue weighted by molar-refractivity contribution is 1.62. The van der Waals surface area contributed by atoms with E-state index in [4.69, 9.17) is 0 Å². The molecule has 28 aromatic rings. The molecule has 0 aliphatic rings. The zero-order valence-corrected chi connectivity index (χ0v) is 79.4. The molecule has 0 spiro atoms. The van der Waals surface area contributed by atoms with Crippen molar-refractivity contribution in [3.8, 4) is 134 Å². The molecule has 0 unspecified atom stereocenters. The van der Waals surface area contributed by atoms with Crippen molar-refractivity contribution in [2.75, 3.05) is 0 Å². The molecule has 0 saturated heterocycles. The fraction of sp³-hybridized carbons (Fsp3) is 0. The van der Waals surface area contributed by atoms with Gasteiger partial charge in [0.25, 0.3) is 0 Å². The maximum absolute atomic E-state index is 2.35. The maximum Gasteiger partial charge on any atom is -0.00201 e. The molecule has 28 aromatic carbocycles. The summed E-state index contributed by atoms with van der Waals surface area (Å²) < 4.78 is 0. The molecule has 0 nitrogen and oxygen atoms in total. The first-order valence-corrected chi connectivity index (χ1v) is 49.8. The molecule has 0 saturated carbocycles. The fourth-order valence-corrected chi connectivity index (χ4v) is 22.4. The molecule has 28 rings (SSSR count). The van der Waals surface area contributed by atoms with E-state index in [0.29, 0.717) is 0 Å². The Hall–Kier alpha value is -18.7. The van der Waals surface area contributed by atoms with Crippen molar-refractivity contribution in [2.24, 2.45) is 0 Å². The molecule has 144 heavy (non-hydrogen) atoms. The number of fused-ring (bicyclic) bond motifs is 12. The third-order valence-electron chi connectivity index (χ3n) is 29.0. The van der Waals surface area contributed by atoms with Gasteiger partial charge in [-0.25, -0.2) is 0 Å². The quantitative estimate of drug-likeness (QED) is 0.107. The Kier molecular flexibility index (Phi) is 23.3. The number of benzene rings is 28. The summed E-state index contributed by atoms with van der Waals surface area (Å²) in [5, 5.41) is 30.7. The molecule has 0 heterocycles. The SMILES string of the molecule is c1ccc(-c2c3ccccc3c(-c3ccc(-c4ccc5ccccc5c4)cc3)c3ccccc23)cc1.c1ccc(-c2c3ccccc3c(-c3ccc(-c4cccc5ccccc45)cc3)c3ccccc23)cc1.c1ccc(-c2c3ccccc3c(-c3cccc(-c4ccc5ccccc5c4)c3)c3ccccc23)cc1.c1ccc(-c2c3ccccc3c(-c3ccccc3-c3ccc4ccccc4c3)c3ccccc23)cc1. The van der Waals surface area contributed by atoms with Crippen LogP contribution in [0.2, 0.25) is 0 Å². The van der Waals surface area contributed by atoms with Crippen LogP contribution in [0.4, 0.5) is 0 Å². The van der Waals surface area contributed by atoms with Crippen molar-refractivity contribution < 1.29 is 0 Å². The predicted molar refractivity (Wildman–Crippen MR) is 621 cm³/mol. The molecule has 0 amide bonds. The Morgan fingerprint density at radius 1 is 0.0694 bits per heavy atom. The molecule has 672 valence electrons. The van der Waals surface area contributed by atoms with Gasteiger partial charge in [-0.2, -0.15) is 0 Å². The summed E-state index contributed by atoms with van der Waals surface area (Å²) in [6.07, 6.45) is 0. The van der Waals surface area contributed by atoms with Crippen LogP contribution in [-0.4, -0.2) is 0 Å². The Balaban J connectivity index is 0.000000101. The van der Waals surface area contributed by atoms with Gasteiger partial charge in [-0.1, -0.05) is 558 Å². The average molecular weight is 1830 g/mol. The molecule has 0 aliphatic heterocycles. The second-order valence-electron chi connectivity index (χ2n) is 37.3. The normalized spacial score (nSPS) is 11.3. The second-order valence-corrected chi connectivity index (χ2v) is 37.3. The summed E-state index contributed by atoms with van der Waals surface area (Å²) in [5.74, 6) is 0. The summed E-state index contributed by atoms with van der Waals surface area (Å²) in [6.45, 7) is 0. The lowest BCUT2D eigenvalue weighted by Crippen LogP contribution is -1.92. The van der Waals surface area contributed by atoms with Crippen molar-refractivity contribution in [1.29, 1.82) is 0 Å². The van der Waals surface area contributed by atoms with Crippen LogP contribution in [0.25, 0.3) is 263 Å². The average Bonchev–Trinajstić information content (AvgIpc) is 0.724. The first-order valence-electron chi connectivity index (χ1n) is 49.8. The van der Waals surface area contributed by atoms with Gasteiger partial charge in [-0.05, 0) is 287 Å². The van der Waals surface area contributed by atoms with E-state index in [9.17, 15) is 0 Å². The van der Waals surface area contributed by atoms with Crippen LogP contribution in [0.1, 0.15) is 0 Å². The molecule has 0 N–H and O–H groups in total. The van der Waals surface area contributed by atoms with E-state index in [1.54, 1.807) is 0 Å². The van der Waals surface area contributed by atoms with Gasteiger partial charge in [0.15, 0.2) is 0 Å². The van der Waals surface area contributed by atoms with Gasteiger partial charge in [0.2, 0.25) is 0 Å². The lowest BCUT2D eigenvalue weighted by atomic mass is 9.84. The first kappa shape index (κ1) is 86.8. The largest absolute Gasteiger partial charge is 0.0622 e. The van der Waals surface area contributed by atoms with Crippen LogP contribution in [0, 0.1) is 0 Å². The summed E-state index contributed by atoms with van der Waals surface area (Å²) in [6, 6.07) is 211. The Morgan fingerprint density at radius 3 is 0.597 bits per heavy atom. The highest BCUT2D eigenvalue weighted by molar-refractivity contribution is 6.26. The molecule has 0 atom stereocenters. The molecule has 0 bridgehead atoms. The van der Waals surface area contributed by atoms with E-state index in [-0.39, 0.29) is 0 Å². The van der Waals surface area contributed by atoms with E-state index in [1.807, 2.05) is 0 Å². The van der Waals surface area contributed by atoms with E-state index in [1.165, 1.54) is 263 Å². The topological polar surface area (TPSA) is 0 Å². The van der Waals surface area contributed by atoms with Crippen LogP contribution >= 0.6 is 0 Å². The van der Waals surface area contributed by atoms with Gasteiger partial charge in [0.05, 0.1) is 0 Å². The fourth-order valence-electron chi connectivity index (χ4n) is 22.4. The predicted octanol–water partition coefficient (Wildman–Crippen LogP) is 40.6. The zero-order valence-electron chi connectivity index (χ0n) is 79.4. The van der Waals surface area contributed by atoms with Gasteiger partial charge in [0, 0.05) is 0 Å². The molecule has 0 fully saturated rings. The molecule has 0 heteroatoms. The van der Waals surface area contributed by atoms with Crippen LogP contribution in [0.3, 0.4) is 0 Å². The minimum atomic E-state index is 1.23. The van der Waals surface area contributed by atoms with Gasteiger partial charge in [-0.15, -0.1) is 0 Å². The van der Waals surface area contributed by atoms with Gasteiger partial charge in [0.1, 0.15) is 0 Å². The van der Waals surface area contributed by atoms with Gasteiger partial charge >= 0.3 is 0 Å². The number of hydrogen-bond acceptors (Lipinski definition) is 0. The van der Waals surface area contributed by atoms with E-state index < -0.39 is 0 Å². The van der Waals surface area contributed by atoms with E-state index in [2.05, 4.69) is 582 Å². The first-order chi connectivity index (χ1) is 71.5. The molecular formula is C144H96.